The molecule has 0 bridgehead atoms. The molecular formula is C13H19N9. The second-order valence-corrected chi connectivity index (χ2v) is 5.76. The summed E-state index contributed by atoms with van der Waals surface area (Å²) in [5.74, 6) is 1.20. The molecule has 0 amide bonds. The molecule has 7 N–H and O–H groups in total. The van der Waals surface area contributed by atoms with E-state index in [9.17, 15) is 0 Å². The molecule has 0 spiro atoms. The normalized spacial score (nSPS) is 29.9. The summed E-state index contributed by atoms with van der Waals surface area (Å²) in [5, 5.41) is 13.9. The zero-order valence-electron chi connectivity index (χ0n) is 12.3. The van der Waals surface area contributed by atoms with E-state index >= 15 is 0 Å². The molecule has 4 heterocycles. The molecule has 2 atom stereocenters. The van der Waals surface area contributed by atoms with Gasteiger partial charge in [-0.2, -0.15) is 10.1 Å². The SMILES string of the molecule is Cc1cc(C2(N)N=C(NC3CCNC3)N=C3NNC=C32)n[nH]1. The number of nitrogens with one attached hydrogen (secondary N) is 5. The first-order chi connectivity index (χ1) is 10.6. The molecule has 116 valence electrons. The van der Waals surface area contributed by atoms with E-state index in [-0.39, 0.29) is 0 Å². The maximum atomic E-state index is 6.59. The summed E-state index contributed by atoms with van der Waals surface area (Å²) >= 11 is 0. The quantitative estimate of drug-likeness (QED) is 0.396. The fourth-order valence-corrected chi connectivity index (χ4v) is 2.88. The lowest BCUT2D eigenvalue weighted by Crippen LogP contribution is -2.48. The highest BCUT2D eigenvalue weighted by Crippen LogP contribution is 2.31. The third kappa shape index (κ3) is 2.06. The second-order valence-electron chi connectivity index (χ2n) is 5.76. The smallest absolute Gasteiger partial charge is 0.222 e. The first-order valence-corrected chi connectivity index (χ1v) is 7.35. The summed E-state index contributed by atoms with van der Waals surface area (Å²) in [5.41, 5.74) is 13.8. The number of aromatic amines is 1. The van der Waals surface area contributed by atoms with Crippen molar-refractivity contribution in [2.75, 3.05) is 13.1 Å². The van der Waals surface area contributed by atoms with E-state index in [0.717, 1.165) is 30.8 Å². The van der Waals surface area contributed by atoms with Crippen LogP contribution >= 0.6 is 0 Å². The van der Waals surface area contributed by atoms with Crippen molar-refractivity contribution in [2.24, 2.45) is 15.7 Å². The molecule has 0 saturated carbocycles. The molecule has 0 radical (unpaired) electrons. The van der Waals surface area contributed by atoms with Crippen molar-refractivity contribution in [3.63, 3.8) is 0 Å². The second kappa shape index (κ2) is 4.82. The molecule has 0 aliphatic carbocycles. The molecular weight excluding hydrogens is 282 g/mol. The molecule has 1 fully saturated rings. The Morgan fingerprint density at radius 2 is 2.36 bits per heavy atom. The van der Waals surface area contributed by atoms with Gasteiger partial charge in [0.15, 0.2) is 11.5 Å². The molecule has 4 rings (SSSR count). The van der Waals surface area contributed by atoms with Crippen LogP contribution in [-0.4, -0.2) is 41.1 Å². The predicted molar refractivity (Wildman–Crippen MR) is 82.8 cm³/mol. The standard InChI is InChI=1S/C13H19N9/c1-7-4-10(21-20-7)13(14)9-6-16-22-11(9)18-12(19-13)17-8-2-3-15-5-8/h4,6,8,15H,2-3,5,14H2,1H3,(H,20,21)(H3,16,17,18,19,22). The lowest BCUT2D eigenvalue weighted by Gasteiger charge is -2.29. The third-order valence-corrected chi connectivity index (χ3v) is 4.06. The number of nitrogens with two attached hydrogens (primary N) is 1. The van der Waals surface area contributed by atoms with Crippen LogP contribution in [0.15, 0.2) is 27.8 Å². The fourth-order valence-electron chi connectivity index (χ4n) is 2.88. The highest BCUT2D eigenvalue weighted by molar-refractivity contribution is 6.10. The molecule has 9 nitrogen and oxygen atoms in total. The largest absolute Gasteiger partial charge is 0.350 e. The number of guanidine groups is 1. The predicted octanol–water partition coefficient (Wildman–Crippen LogP) is -1.46. The van der Waals surface area contributed by atoms with Crippen molar-refractivity contribution in [3.8, 4) is 0 Å². The Morgan fingerprint density at radius 1 is 1.45 bits per heavy atom. The molecule has 22 heavy (non-hydrogen) atoms. The van der Waals surface area contributed by atoms with Crippen LogP contribution in [0.25, 0.3) is 0 Å². The molecule has 3 aliphatic rings. The number of aromatic nitrogens is 2. The van der Waals surface area contributed by atoms with E-state index in [0.29, 0.717) is 23.5 Å². The van der Waals surface area contributed by atoms with Gasteiger partial charge in [0.25, 0.3) is 0 Å². The van der Waals surface area contributed by atoms with E-state index < -0.39 is 5.66 Å². The molecule has 1 aromatic heterocycles. The van der Waals surface area contributed by atoms with Gasteiger partial charge in [0.05, 0.1) is 5.57 Å². The highest BCUT2D eigenvalue weighted by atomic mass is 15.4. The van der Waals surface area contributed by atoms with Gasteiger partial charge in [-0.25, -0.2) is 4.99 Å². The summed E-state index contributed by atoms with van der Waals surface area (Å²) in [4.78, 5) is 9.14. The molecule has 3 aliphatic heterocycles. The number of amidine groups is 1. The van der Waals surface area contributed by atoms with Crippen LogP contribution in [0.5, 0.6) is 0 Å². The number of aryl methyl sites for hydroxylation is 1. The van der Waals surface area contributed by atoms with E-state index in [1.807, 2.05) is 13.0 Å². The van der Waals surface area contributed by atoms with Gasteiger partial charge >= 0.3 is 0 Å². The summed E-state index contributed by atoms with van der Waals surface area (Å²) in [6, 6.07) is 2.22. The fraction of sp³-hybridized carbons (Fsp3) is 0.462. The number of hydrogen-bond donors (Lipinski definition) is 6. The van der Waals surface area contributed by atoms with Gasteiger partial charge in [-0.3, -0.25) is 16.3 Å². The monoisotopic (exact) mass is 301 g/mol. The minimum atomic E-state index is -1.06. The minimum absolute atomic E-state index is 0.313. The van der Waals surface area contributed by atoms with E-state index in [4.69, 9.17) is 5.73 Å². The Kier molecular flexibility index (Phi) is 2.91. The van der Waals surface area contributed by atoms with Crippen LogP contribution in [0.1, 0.15) is 17.8 Å². The number of nitrogens with zero attached hydrogens (tertiary/aromatic N) is 3. The van der Waals surface area contributed by atoms with E-state index in [1.54, 1.807) is 6.20 Å². The third-order valence-electron chi connectivity index (χ3n) is 4.06. The number of hydrazine groups is 1. The number of fused-ring (bicyclic) bond motifs is 1. The van der Waals surface area contributed by atoms with Gasteiger partial charge in [-0.15, -0.1) is 0 Å². The maximum Gasteiger partial charge on any atom is 0.222 e. The van der Waals surface area contributed by atoms with Crippen molar-refractivity contribution in [3.05, 3.63) is 29.2 Å². The van der Waals surface area contributed by atoms with Gasteiger partial charge in [0.1, 0.15) is 5.69 Å². The van der Waals surface area contributed by atoms with Crippen molar-refractivity contribution >= 4 is 11.8 Å². The van der Waals surface area contributed by atoms with Gasteiger partial charge in [-0.1, -0.05) is 0 Å². The van der Waals surface area contributed by atoms with Crippen LogP contribution in [-0.2, 0) is 5.66 Å². The number of hydrogen-bond acceptors (Lipinski definition) is 8. The molecule has 2 unspecified atom stereocenters. The van der Waals surface area contributed by atoms with Crippen molar-refractivity contribution < 1.29 is 0 Å². The number of rotatable bonds is 2. The zero-order valence-corrected chi connectivity index (χ0v) is 12.3. The van der Waals surface area contributed by atoms with Crippen LogP contribution in [0.3, 0.4) is 0 Å². The average Bonchev–Trinajstić information content (AvgIpc) is 3.19. The average molecular weight is 301 g/mol. The Balaban J connectivity index is 1.71. The number of aliphatic imine (C=N–C) groups is 2. The Bertz CT molecular complexity index is 679. The molecule has 9 heteroatoms. The van der Waals surface area contributed by atoms with Gasteiger partial charge in [0, 0.05) is 24.5 Å². The first kappa shape index (κ1) is 13.3. The van der Waals surface area contributed by atoms with Crippen LogP contribution in [0.2, 0.25) is 0 Å². The van der Waals surface area contributed by atoms with Crippen molar-refractivity contribution in [1.82, 2.24) is 31.7 Å². The summed E-state index contributed by atoms with van der Waals surface area (Å²) in [6.45, 7) is 3.83. The first-order valence-electron chi connectivity index (χ1n) is 7.35. The van der Waals surface area contributed by atoms with Gasteiger partial charge in [0.2, 0.25) is 5.96 Å². The molecule has 1 aromatic rings. The maximum absolute atomic E-state index is 6.59. The van der Waals surface area contributed by atoms with Gasteiger partial charge in [-0.05, 0) is 26.0 Å². The lowest BCUT2D eigenvalue weighted by molar-refractivity contribution is 0.539. The Morgan fingerprint density at radius 3 is 3.09 bits per heavy atom. The van der Waals surface area contributed by atoms with Gasteiger partial charge < -0.3 is 16.1 Å². The zero-order chi connectivity index (χ0) is 15.2. The Labute approximate surface area is 127 Å². The summed E-state index contributed by atoms with van der Waals surface area (Å²) in [6.07, 6.45) is 2.82. The topological polar surface area (TPSA) is 128 Å². The van der Waals surface area contributed by atoms with Crippen LogP contribution < -0.4 is 27.2 Å². The highest BCUT2D eigenvalue weighted by Gasteiger charge is 2.42. The van der Waals surface area contributed by atoms with E-state index in [2.05, 4.69) is 41.7 Å². The summed E-state index contributed by atoms with van der Waals surface area (Å²) in [7, 11) is 0. The van der Waals surface area contributed by atoms with Crippen LogP contribution in [0.4, 0.5) is 0 Å². The minimum Gasteiger partial charge on any atom is -0.350 e. The number of H-pyrrole nitrogens is 1. The molecule has 0 aromatic carbocycles. The lowest BCUT2D eigenvalue weighted by atomic mass is 9.96. The summed E-state index contributed by atoms with van der Waals surface area (Å²) < 4.78 is 0. The van der Waals surface area contributed by atoms with Crippen LogP contribution in [0, 0.1) is 6.92 Å². The van der Waals surface area contributed by atoms with Crippen molar-refractivity contribution in [2.45, 2.75) is 25.0 Å². The van der Waals surface area contributed by atoms with Crippen molar-refractivity contribution in [1.29, 1.82) is 0 Å². The molecule has 1 saturated heterocycles. The van der Waals surface area contributed by atoms with E-state index in [1.165, 1.54) is 0 Å². The Hall–Kier alpha value is -2.39.